The highest BCUT2D eigenvalue weighted by Gasteiger charge is 2.20. The number of sulfonamides is 1. The van der Waals surface area contributed by atoms with Gasteiger partial charge in [0.1, 0.15) is 0 Å². The zero-order chi connectivity index (χ0) is 18.9. The minimum Gasteiger partial charge on any atom is -0.322 e. The fourth-order valence-corrected chi connectivity index (χ4v) is 4.51. The minimum atomic E-state index is -3.62. The van der Waals surface area contributed by atoms with Crippen molar-refractivity contribution in [1.82, 2.24) is 4.72 Å². The van der Waals surface area contributed by atoms with Gasteiger partial charge in [-0.1, -0.05) is 12.1 Å². The number of amides is 1. The molecule has 1 aliphatic rings. The van der Waals surface area contributed by atoms with Crippen molar-refractivity contribution >= 4 is 21.6 Å². The number of nitrogens with one attached hydrogen (secondary N) is 2. The quantitative estimate of drug-likeness (QED) is 0.864. The Morgan fingerprint density at radius 2 is 1.81 bits per heavy atom. The third kappa shape index (κ3) is 3.52. The van der Waals surface area contributed by atoms with Gasteiger partial charge in [0.15, 0.2) is 0 Å². The molecule has 1 aliphatic carbocycles. The molecular formula is C20H24N2O3S. The Morgan fingerprint density at radius 3 is 2.54 bits per heavy atom. The van der Waals surface area contributed by atoms with E-state index in [-0.39, 0.29) is 10.8 Å². The van der Waals surface area contributed by atoms with E-state index in [1.165, 1.54) is 30.7 Å². The van der Waals surface area contributed by atoms with E-state index in [4.69, 9.17) is 0 Å². The van der Waals surface area contributed by atoms with Crippen molar-refractivity contribution in [3.63, 3.8) is 0 Å². The van der Waals surface area contributed by atoms with E-state index in [9.17, 15) is 13.2 Å². The molecular weight excluding hydrogens is 348 g/mol. The van der Waals surface area contributed by atoms with Crippen LogP contribution in [0.25, 0.3) is 0 Å². The fourth-order valence-electron chi connectivity index (χ4n) is 3.44. The Balaban J connectivity index is 1.97. The predicted molar refractivity (Wildman–Crippen MR) is 103 cm³/mol. The van der Waals surface area contributed by atoms with E-state index in [2.05, 4.69) is 16.1 Å². The first-order chi connectivity index (χ1) is 12.3. The summed E-state index contributed by atoms with van der Waals surface area (Å²) in [7, 11) is -2.26. The van der Waals surface area contributed by atoms with Gasteiger partial charge in [-0.05, 0) is 87.0 Å². The highest BCUT2D eigenvalue weighted by molar-refractivity contribution is 7.89. The average molecular weight is 372 g/mol. The lowest BCUT2D eigenvalue weighted by molar-refractivity contribution is 0.102. The summed E-state index contributed by atoms with van der Waals surface area (Å²) >= 11 is 0. The SMILES string of the molecule is CNS(=O)(=O)c1cc(C(=O)Nc2cccc3c2CCCC3)cc(C)c1C. The van der Waals surface area contributed by atoms with Crippen molar-refractivity contribution < 1.29 is 13.2 Å². The number of hydrogen-bond donors (Lipinski definition) is 2. The normalized spacial score (nSPS) is 14.0. The van der Waals surface area contributed by atoms with Gasteiger partial charge in [-0.3, -0.25) is 4.79 Å². The molecule has 0 saturated heterocycles. The molecule has 0 aliphatic heterocycles. The largest absolute Gasteiger partial charge is 0.322 e. The summed E-state index contributed by atoms with van der Waals surface area (Å²) in [5, 5.41) is 2.98. The first-order valence-corrected chi connectivity index (χ1v) is 10.3. The third-order valence-corrected chi connectivity index (χ3v) is 6.62. The van der Waals surface area contributed by atoms with E-state index in [1.807, 2.05) is 19.1 Å². The number of aryl methyl sites for hydroxylation is 2. The van der Waals surface area contributed by atoms with Crippen LogP contribution in [0.2, 0.25) is 0 Å². The van der Waals surface area contributed by atoms with Gasteiger partial charge in [0.25, 0.3) is 5.91 Å². The molecule has 2 aromatic rings. The maximum Gasteiger partial charge on any atom is 0.255 e. The molecule has 1 amide bonds. The molecule has 0 spiro atoms. The molecule has 6 heteroatoms. The van der Waals surface area contributed by atoms with Crippen molar-refractivity contribution in [3.8, 4) is 0 Å². The number of benzene rings is 2. The first-order valence-electron chi connectivity index (χ1n) is 8.80. The Bertz CT molecular complexity index is 965. The molecule has 0 radical (unpaired) electrons. The molecule has 2 aromatic carbocycles. The number of hydrogen-bond acceptors (Lipinski definition) is 3. The first kappa shape index (κ1) is 18.6. The van der Waals surface area contributed by atoms with Crippen LogP contribution in [0.4, 0.5) is 5.69 Å². The van der Waals surface area contributed by atoms with E-state index >= 15 is 0 Å². The number of carbonyl (C=O) groups is 1. The van der Waals surface area contributed by atoms with Gasteiger partial charge in [0, 0.05) is 11.3 Å². The van der Waals surface area contributed by atoms with Crippen molar-refractivity contribution in [2.45, 2.75) is 44.4 Å². The van der Waals surface area contributed by atoms with Crippen LogP contribution in [0, 0.1) is 13.8 Å². The molecule has 0 unspecified atom stereocenters. The van der Waals surface area contributed by atoms with Gasteiger partial charge in [0.05, 0.1) is 4.90 Å². The molecule has 0 aromatic heterocycles. The van der Waals surface area contributed by atoms with Crippen LogP contribution < -0.4 is 10.0 Å². The Hall–Kier alpha value is -2.18. The van der Waals surface area contributed by atoms with E-state index < -0.39 is 10.0 Å². The standard InChI is InChI=1S/C20H24N2O3S/c1-13-11-16(12-19(14(13)2)26(24,25)21-3)20(23)22-18-10-6-8-15-7-4-5-9-17(15)18/h6,8,10-12,21H,4-5,7,9H2,1-3H3,(H,22,23). The molecule has 3 rings (SSSR count). The van der Waals surface area contributed by atoms with Crippen molar-refractivity contribution in [2.75, 3.05) is 12.4 Å². The molecule has 138 valence electrons. The van der Waals surface area contributed by atoms with Crippen molar-refractivity contribution in [1.29, 1.82) is 0 Å². The topological polar surface area (TPSA) is 75.3 Å². The smallest absolute Gasteiger partial charge is 0.255 e. The van der Waals surface area contributed by atoms with E-state index in [0.717, 1.165) is 30.5 Å². The monoisotopic (exact) mass is 372 g/mol. The molecule has 0 heterocycles. The number of fused-ring (bicyclic) bond motifs is 1. The van der Waals surface area contributed by atoms with Crippen LogP contribution >= 0.6 is 0 Å². The molecule has 5 nitrogen and oxygen atoms in total. The number of anilines is 1. The summed E-state index contributed by atoms with van der Waals surface area (Å²) in [5.74, 6) is -0.292. The average Bonchev–Trinajstić information content (AvgIpc) is 2.64. The Labute approximate surface area is 154 Å². The van der Waals surface area contributed by atoms with Crippen LogP contribution in [0.15, 0.2) is 35.2 Å². The van der Waals surface area contributed by atoms with E-state index in [0.29, 0.717) is 11.1 Å². The molecule has 26 heavy (non-hydrogen) atoms. The van der Waals surface area contributed by atoms with Crippen LogP contribution in [0.1, 0.15) is 45.5 Å². The van der Waals surface area contributed by atoms with Gasteiger partial charge < -0.3 is 5.32 Å². The second kappa shape index (κ2) is 7.21. The minimum absolute atomic E-state index is 0.139. The second-order valence-corrected chi connectivity index (χ2v) is 8.58. The summed E-state index contributed by atoms with van der Waals surface area (Å²) < 4.78 is 26.8. The van der Waals surface area contributed by atoms with Gasteiger partial charge in [-0.25, -0.2) is 13.1 Å². The highest BCUT2D eigenvalue weighted by atomic mass is 32.2. The zero-order valence-corrected chi connectivity index (χ0v) is 16.2. The maximum atomic E-state index is 12.8. The predicted octanol–water partition coefficient (Wildman–Crippen LogP) is 3.34. The zero-order valence-electron chi connectivity index (χ0n) is 15.3. The molecule has 0 fully saturated rings. The van der Waals surface area contributed by atoms with Gasteiger partial charge in [0.2, 0.25) is 10.0 Å². The van der Waals surface area contributed by atoms with Crippen molar-refractivity contribution in [3.05, 3.63) is 58.1 Å². The second-order valence-electron chi connectivity index (χ2n) is 6.73. The summed E-state index contributed by atoms with van der Waals surface area (Å²) in [6, 6.07) is 9.15. The van der Waals surface area contributed by atoms with Gasteiger partial charge in [-0.2, -0.15) is 0 Å². The maximum absolute atomic E-state index is 12.8. The lowest BCUT2D eigenvalue weighted by Crippen LogP contribution is -2.22. The summed E-state index contributed by atoms with van der Waals surface area (Å²) in [6.45, 7) is 3.56. The number of rotatable bonds is 4. The molecule has 0 bridgehead atoms. The fraction of sp³-hybridized carbons (Fsp3) is 0.350. The number of carbonyl (C=O) groups excluding carboxylic acids is 1. The summed E-state index contributed by atoms with van der Waals surface area (Å²) in [5.41, 5.74) is 5.06. The highest BCUT2D eigenvalue weighted by Crippen LogP contribution is 2.28. The van der Waals surface area contributed by atoms with Crippen LogP contribution in [-0.4, -0.2) is 21.4 Å². The van der Waals surface area contributed by atoms with Gasteiger partial charge in [-0.15, -0.1) is 0 Å². The van der Waals surface area contributed by atoms with Crippen molar-refractivity contribution in [2.24, 2.45) is 0 Å². The lowest BCUT2D eigenvalue weighted by atomic mass is 9.90. The molecule has 0 saturated carbocycles. The van der Waals surface area contributed by atoms with Gasteiger partial charge >= 0.3 is 0 Å². The van der Waals surface area contributed by atoms with Crippen LogP contribution in [0.3, 0.4) is 0 Å². The summed E-state index contributed by atoms with van der Waals surface area (Å²) in [4.78, 5) is 12.9. The molecule has 0 atom stereocenters. The van der Waals surface area contributed by atoms with E-state index in [1.54, 1.807) is 13.0 Å². The van der Waals surface area contributed by atoms with Crippen LogP contribution in [0.5, 0.6) is 0 Å². The van der Waals surface area contributed by atoms with Crippen LogP contribution in [-0.2, 0) is 22.9 Å². The molecule has 2 N–H and O–H groups in total. The lowest BCUT2D eigenvalue weighted by Gasteiger charge is -2.20. The Kier molecular flexibility index (Phi) is 5.16. The third-order valence-electron chi connectivity index (χ3n) is 5.08. The summed E-state index contributed by atoms with van der Waals surface area (Å²) in [6.07, 6.45) is 4.28. The Morgan fingerprint density at radius 1 is 1.08 bits per heavy atom.